The average molecular weight is 363 g/mol. The molecule has 2 rings (SSSR count). The minimum atomic E-state index is -3.64. The summed E-state index contributed by atoms with van der Waals surface area (Å²) in [7, 11) is -0.530. The number of aryl methyl sites for hydroxylation is 3. The molecular weight excluding hydrogens is 338 g/mol. The van der Waals surface area contributed by atoms with Crippen LogP contribution in [0.3, 0.4) is 0 Å². The fourth-order valence-corrected chi connectivity index (χ4v) is 4.76. The van der Waals surface area contributed by atoms with Crippen LogP contribution in [0.1, 0.15) is 35.2 Å². The van der Waals surface area contributed by atoms with Gasteiger partial charge in [-0.05, 0) is 56.5 Å². The van der Waals surface area contributed by atoms with E-state index < -0.39 is 16.1 Å². The van der Waals surface area contributed by atoms with Crippen LogP contribution in [0.15, 0.2) is 35.2 Å². The first-order valence-corrected chi connectivity index (χ1v) is 9.50. The Morgan fingerprint density at radius 2 is 1.48 bits per heavy atom. The number of rotatable bonds is 6. The van der Waals surface area contributed by atoms with Crippen molar-refractivity contribution >= 4 is 10.0 Å². The summed E-state index contributed by atoms with van der Waals surface area (Å²) < 4.78 is 39.0. The SMILES string of the molecule is COc1ccc([C@@H](C)NS(=O)(=O)c2c(C)cc(C)cc2C)cc1OC. The molecule has 0 bridgehead atoms. The van der Waals surface area contributed by atoms with Gasteiger partial charge in [-0.2, -0.15) is 0 Å². The summed E-state index contributed by atoms with van der Waals surface area (Å²) >= 11 is 0. The third kappa shape index (κ3) is 4.14. The molecule has 5 nitrogen and oxygen atoms in total. The fraction of sp³-hybridized carbons (Fsp3) is 0.368. The van der Waals surface area contributed by atoms with Crippen LogP contribution in [0.4, 0.5) is 0 Å². The lowest BCUT2D eigenvalue weighted by Crippen LogP contribution is -2.28. The van der Waals surface area contributed by atoms with E-state index in [4.69, 9.17) is 9.47 Å². The molecule has 136 valence electrons. The molecule has 0 heterocycles. The van der Waals surface area contributed by atoms with E-state index in [2.05, 4.69) is 4.72 Å². The molecule has 1 N–H and O–H groups in total. The molecular formula is C19H25NO4S. The molecule has 0 aromatic heterocycles. The largest absolute Gasteiger partial charge is 0.493 e. The fourth-order valence-electron chi connectivity index (χ4n) is 3.07. The Hall–Kier alpha value is -2.05. The zero-order valence-corrected chi connectivity index (χ0v) is 16.3. The smallest absolute Gasteiger partial charge is 0.241 e. The molecule has 0 radical (unpaired) electrons. The normalized spacial score (nSPS) is 12.7. The highest BCUT2D eigenvalue weighted by Crippen LogP contribution is 2.31. The third-order valence-corrected chi connectivity index (χ3v) is 5.96. The minimum Gasteiger partial charge on any atom is -0.493 e. The van der Waals surface area contributed by atoms with Gasteiger partial charge in [-0.3, -0.25) is 0 Å². The van der Waals surface area contributed by atoms with Gasteiger partial charge in [0.15, 0.2) is 11.5 Å². The lowest BCUT2D eigenvalue weighted by molar-refractivity contribution is 0.354. The van der Waals surface area contributed by atoms with E-state index in [-0.39, 0.29) is 0 Å². The maximum atomic E-state index is 12.9. The molecule has 0 saturated heterocycles. The van der Waals surface area contributed by atoms with Crippen molar-refractivity contribution in [3.8, 4) is 11.5 Å². The number of nitrogens with one attached hydrogen (secondary N) is 1. The molecule has 0 aliphatic carbocycles. The zero-order valence-electron chi connectivity index (χ0n) is 15.5. The number of methoxy groups -OCH3 is 2. The van der Waals surface area contributed by atoms with Gasteiger partial charge in [-0.25, -0.2) is 13.1 Å². The van der Waals surface area contributed by atoms with Crippen molar-refractivity contribution < 1.29 is 17.9 Å². The molecule has 0 aliphatic heterocycles. The van der Waals surface area contributed by atoms with E-state index in [1.165, 1.54) is 0 Å². The molecule has 25 heavy (non-hydrogen) atoms. The van der Waals surface area contributed by atoms with Crippen molar-refractivity contribution in [2.75, 3.05) is 14.2 Å². The van der Waals surface area contributed by atoms with E-state index in [9.17, 15) is 8.42 Å². The van der Waals surface area contributed by atoms with Crippen molar-refractivity contribution in [3.05, 3.63) is 52.6 Å². The summed E-state index contributed by atoms with van der Waals surface area (Å²) in [6, 6.07) is 8.71. The lowest BCUT2D eigenvalue weighted by atomic mass is 10.1. The van der Waals surface area contributed by atoms with E-state index in [1.807, 2.05) is 39.0 Å². The molecule has 0 spiro atoms. The zero-order chi connectivity index (χ0) is 18.8. The van der Waals surface area contributed by atoms with Gasteiger partial charge in [-0.15, -0.1) is 0 Å². The first-order chi connectivity index (χ1) is 11.7. The monoisotopic (exact) mass is 363 g/mol. The van der Waals surface area contributed by atoms with Crippen molar-refractivity contribution in [1.29, 1.82) is 0 Å². The maximum Gasteiger partial charge on any atom is 0.241 e. The molecule has 0 aliphatic rings. The Morgan fingerprint density at radius 1 is 0.920 bits per heavy atom. The Labute approximate surface area is 150 Å². The second kappa shape index (κ2) is 7.45. The molecule has 0 unspecified atom stereocenters. The van der Waals surface area contributed by atoms with Gasteiger partial charge in [0.2, 0.25) is 10.0 Å². The predicted octanol–water partition coefficient (Wildman–Crippen LogP) is 3.67. The Balaban J connectivity index is 2.35. The van der Waals surface area contributed by atoms with E-state index >= 15 is 0 Å². The van der Waals surface area contributed by atoms with Crippen molar-refractivity contribution in [2.45, 2.75) is 38.6 Å². The lowest BCUT2D eigenvalue weighted by Gasteiger charge is -2.19. The predicted molar refractivity (Wildman–Crippen MR) is 98.9 cm³/mol. The average Bonchev–Trinajstić information content (AvgIpc) is 2.52. The van der Waals surface area contributed by atoms with E-state index in [0.717, 1.165) is 22.3 Å². The van der Waals surface area contributed by atoms with Crippen LogP contribution in [-0.2, 0) is 10.0 Å². The molecule has 2 aromatic carbocycles. The summed E-state index contributed by atoms with van der Waals surface area (Å²) in [6.07, 6.45) is 0. The van der Waals surface area contributed by atoms with Crippen molar-refractivity contribution in [3.63, 3.8) is 0 Å². The number of ether oxygens (including phenoxy) is 2. The van der Waals surface area contributed by atoms with Gasteiger partial charge >= 0.3 is 0 Å². The Bertz CT molecular complexity index is 852. The van der Waals surface area contributed by atoms with Gasteiger partial charge in [0.25, 0.3) is 0 Å². The highest BCUT2D eigenvalue weighted by Gasteiger charge is 2.23. The Morgan fingerprint density at radius 3 is 2.00 bits per heavy atom. The summed E-state index contributed by atoms with van der Waals surface area (Å²) in [5, 5.41) is 0. The van der Waals surface area contributed by atoms with Crippen molar-refractivity contribution in [2.24, 2.45) is 0 Å². The first-order valence-electron chi connectivity index (χ1n) is 8.01. The second-order valence-electron chi connectivity index (χ2n) is 6.19. The molecule has 1 atom stereocenters. The molecule has 0 saturated carbocycles. The highest BCUT2D eigenvalue weighted by molar-refractivity contribution is 7.89. The van der Waals surface area contributed by atoms with E-state index in [0.29, 0.717) is 16.4 Å². The van der Waals surface area contributed by atoms with Gasteiger partial charge in [0.05, 0.1) is 19.1 Å². The molecule has 2 aromatic rings. The van der Waals surface area contributed by atoms with Gasteiger partial charge in [0, 0.05) is 6.04 Å². The van der Waals surface area contributed by atoms with Crippen LogP contribution in [0.5, 0.6) is 11.5 Å². The highest BCUT2D eigenvalue weighted by atomic mass is 32.2. The summed E-state index contributed by atoms with van der Waals surface area (Å²) in [5.74, 6) is 1.17. The van der Waals surface area contributed by atoms with Crippen LogP contribution in [-0.4, -0.2) is 22.6 Å². The quantitative estimate of drug-likeness (QED) is 0.850. The van der Waals surface area contributed by atoms with Gasteiger partial charge in [0.1, 0.15) is 0 Å². The van der Waals surface area contributed by atoms with E-state index in [1.54, 1.807) is 33.3 Å². The van der Waals surface area contributed by atoms with Crippen LogP contribution in [0, 0.1) is 20.8 Å². The van der Waals surface area contributed by atoms with Crippen LogP contribution in [0.2, 0.25) is 0 Å². The van der Waals surface area contributed by atoms with Crippen LogP contribution < -0.4 is 14.2 Å². The van der Waals surface area contributed by atoms with Crippen LogP contribution in [0.25, 0.3) is 0 Å². The molecule has 6 heteroatoms. The number of hydrogen-bond acceptors (Lipinski definition) is 4. The summed E-state index contributed by atoms with van der Waals surface area (Å²) in [4.78, 5) is 0.338. The van der Waals surface area contributed by atoms with Gasteiger partial charge in [-0.1, -0.05) is 23.8 Å². The number of hydrogen-bond donors (Lipinski definition) is 1. The molecule has 0 amide bonds. The standard InChI is InChI=1S/C19H25NO4S/c1-12-9-13(2)19(14(3)10-12)25(21,22)20-15(4)16-7-8-17(23-5)18(11-16)24-6/h7-11,15,20H,1-6H3/t15-/m1/s1. The second-order valence-corrected chi connectivity index (χ2v) is 7.84. The Kier molecular flexibility index (Phi) is 5.75. The van der Waals surface area contributed by atoms with Gasteiger partial charge < -0.3 is 9.47 Å². The first kappa shape index (κ1) is 19.3. The third-order valence-electron chi connectivity index (χ3n) is 4.11. The summed E-state index contributed by atoms with van der Waals surface area (Å²) in [5.41, 5.74) is 3.32. The van der Waals surface area contributed by atoms with Crippen molar-refractivity contribution in [1.82, 2.24) is 4.72 Å². The number of benzene rings is 2. The minimum absolute atomic E-state index is 0.338. The van der Waals surface area contributed by atoms with Crippen LogP contribution >= 0.6 is 0 Å². The maximum absolute atomic E-state index is 12.9. The summed E-state index contributed by atoms with van der Waals surface area (Å²) in [6.45, 7) is 7.39. The number of sulfonamides is 1. The molecule has 0 fully saturated rings. The topological polar surface area (TPSA) is 64.6 Å².